The van der Waals surface area contributed by atoms with Crippen molar-refractivity contribution in [3.05, 3.63) is 30.1 Å². The first-order valence-electron chi connectivity index (χ1n) is 10.0. The molecule has 6 rings (SSSR count). The van der Waals surface area contributed by atoms with Gasteiger partial charge in [0, 0.05) is 5.41 Å². The molecule has 6 heteroatoms. The van der Waals surface area contributed by atoms with Gasteiger partial charge in [0.05, 0.1) is 18.8 Å². The maximum absolute atomic E-state index is 13.4. The molecule has 4 aliphatic carbocycles. The van der Waals surface area contributed by atoms with Crippen LogP contribution in [0.5, 0.6) is 0 Å². The fourth-order valence-corrected chi connectivity index (χ4v) is 6.27. The van der Waals surface area contributed by atoms with Gasteiger partial charge in [0.2, 0.25) is 5.91 Å². The van der Waals surface area contributed by atoms with Gasteiger partial charge in [-0.1, -0.05) is 6.07 Å². The number of benzene rings is 1. The Bertz CT molecular complexity index is 745. The molecule has 4 saturated carbocycles. The molecule has 0 aromatic heterocycles. The van der Waals surface area contributed by atoms with E-state index >= 15 is 0 Å². The van der Waals surface area contributed by atoms with E-state index in [-0.39, 0.29) is 17.1 Å². The van der Waals surface area contributed by atoms with Crippen molar-refractivity contribution in [3.8, 4) is 0 Å². The number of anilines is 1. The van der Waals surface area contributed by atoms with E-state index in [0.29, 0.717) is 18.8 Å². The fourth-order valence-electron chi connectivity index (χ4n) is 6.27. The minimum absolute atomic E-state index is 0.141. The maximum Gasteiger partial charge on any atom is 0.414 e. The first-order chi connectivity index (χ1) is 13.0. The zero-order chi connectivity index (χ0) is 18.6. The Balaban J connectivity index is 1.21. The number of carbonyl (C=O) groups is 2. The Morgan fingerprint density at radius 1 is 1.19 bits per heavy atom. The lowest BCUT2D eigenvalue weighted by Gasteiger charge is -2.55. The molecular formula is C21H25FN2O3. The molecular weight excluding hydrogens is 347 g/mol. The third kappa shape index (κ3) is 2.99. The van der Waals surface area contributed by atoms with E-state index in [9.17, 15) is 14.0 Å². The number of halogens is 1. The lowest BCUT2D eigenvalue weighted by Crippen LogP contribution is -2.54. The van der Waals surface area contributed by atoms with Crippen LogP contribution in [-0.2, 0) is 9.53 Å². The normalized spacial score (nSPS) is 36.8. The lowest BCUT2D eigenvalue weighted by molar-refractivity contribution is -0.146. The summed E-state index contributed by atoms with van der Waals surface area (Å²) in [6.45, 7) is 0.640. The fraction of sp³-hybridized carbons (Fsp3) is 0.619. The molecule has 0 radical (unpaired) electrons. The molecule has 27 heavy (non-hydrogen) atoms. The number of nitrogens with one attached hydrogen (secondary N) is 1. The summed E-state index contributed by atoms with van der Waals surface area (Å²) in [5.74, 6) is 1.90. The molecule has 5 fully saturated rings. The van der Waals surface area contributed by atoms with E-state index in [4.69, 9.17) is 4.74 Å². The van der Waals surface area contributed by atoms with Crippen LogP contribution in [0, 0.1) is 29.0 Å². The number of rotatable bonds is 4. The Labute approximate surface area is 158 Å². The zero-order valence-electron chi connectivity index (χ0n) is 15.3. The molecule has 1 aromatic carbocycles. The van der Waals surface area contributed by atoms with E-state index in [1.807, 2.05) is 0 Å². The zero-order valence-corrected chi connectivity index (χ0v) is 15.3. The quantitative estimate of drug-likeness (QED) is 0.880. The van der Waals surface area contributed by atoms with Gasteiger partial charge in [-0.05, 0) is 74.5 Å². The summed E-state index contributed by atoms with van der Waals surface area (Å²) in [5.41, 5.74) is 0.287. The Morgan fingerprint density at radius 3 is 2.48 bits per heavy atom. The summed E-state index contributed by atoms with van der Waals surface area (Å²) >= 11 is 0. The summed E-state index contributed by atoms with van der Waals surface area (Å²) < 4.78 is 18.8. The largest absolute Gasteiger partial charge is 0.442 e. The molecule has 1 atom stereocenters. The molecule has 1 aromatic rings. The molecule has 144 valence electrons. The van der Waals surface area contributed by atoms with Gasteiger partial charge >= 0.3 is 6.09 Å². The second-order valence-electron chi connectivity index (χ2n) is 9.00. The molecule has 4 bridgehead atoms. The predicted molar refractivity (Wildman–Crippen MR) is 97.6 cm³/mol. The first-order valence-corrected chi connectivity index (χ1v) is 10.0. The number of cyclic esters (lactones) is 1. The van der Waals surface area contributed by atoms with Crippen molar-refractivity contribution < 1.29 is 18.7 Å². The Kier molecular flexibility index (Phi) is 3.92. The average Bonchev–Trinajstić information content (AvgIpc) is 2.99. The maximum atomic E-state index is 13.4. The van der Waals surface area contributed by atoms with Gasteiger partial charge in [-0.25, -0.2) is 9.18 Å². The van der Waals surface area contributed by atoms with Crippen LogP contribution in [-0.4, -0.2) is 31.2 Å². The highest BCUT2D eigenvalue weighted by molar-refractivity contribution is 5.90. The highest BCUT2D eigenvalue weighted by Gasteiger charge is 2.54. The Morgan fingerprint density at radius 2 is 1.85 bits per heavy atom. The Hall–Kier alpha value is -2.11. The topological polar surface area (TPSA) is 58.6 Å². The van der Waals surface area contributed by atoms with Crippen molar-refractivity contribution in [1.82, 2.24) is 5.32 Å². The third-order valence-electron chi connectivity index (χ3n) is 7.00. The van der Waals surface area contributed by atoms with Crippen molar-refractivity contribution in [3.63, 3.8) is 0 Å². The molecule has 1 saturated heterocycles. The van der Waals surface area contributed by atoms with Crippen LogP contribution in [0.3, 0.4) is 0 Å². The van der Waals surface area contributed by atoms with Crippen LogP contribution < -0.4 is 10.2 Å². The average molecular weight is 372 g/mol. The summed E-state index contributed by atoms with van der Waals surface area (Å²) in [6, 6.07) is 5.91. The second-order valence-corrected chi connectivity index (χ2v) is 9.00. The number of nitrogens with zero attached hydrogens (tertiary/aromatic N) is 1. The van der Waals surface area contributed by atoms with E-state index < -0.39 is 12.2 Å². The molecule has 5 nitrogen and oxygen atoms in total. The van der Waals surface area contributed by atoms with Crippen molar-refractivity contribution in [2.24, 2.45) is 23.2 Å². The summed E-state index contributed by atoms with van der Waals surface area (Å²) in [4.78, 5) is 26.6. The molecule has 0 spiro atoms. The van der Waals surface area contributed by atoms with E-state index in [0.717, 1.165) is 37.0 Å². The summed E-state index contributed by atoms with van der Waals surface area (Å²) in [6.07, 6.45) is 6.06. The molecule has 1 unspecified atom stereocenters. The number of hydrogen-bond donors (Lipinski definition) is 1. The molecule has 2 amide bonds. The second kappa shape index (κ2) is 6.21. The van der Waals surface area contributed by atoms with Crippen LogP contribution in [0.2, 0.25) is 0 Å². The van der Waals surface area contributed by atoms with Gasteiger partial charge in [-0.3, -0.25) is 9.69 Å². The number of amides is 2. The van der Waals surface area contributed by atoms with Crippen molar-refractivity contribution in [2.45, 2.75) is 44.6 Å². The first kappa shape index (κ1) is 17.0. The SMILES string of the molecule is O=C1OC(CNC(=O)C23CC4CC(CC(C4)C2)C3)CN1c1cccc(F)c1. The van der Waals surface area contributed by atoms with E-state index in [2.05, 4.69) is 5.32 Å². The van der Waals surface area contributed by atoms with Gasteiger partial charge in [0.15, 0.2) is 0 Å². The molecule has 1 aliphatic heterocycles. The highest BCUT2D eigenvalue weighted by atomic mass is 19.1. The highest BCUT2D eigenvalue weighted by Crippen LogP contribution is 2.60. The van der Waals surface area contributed by atoms with Gasteiger partial charge in [0.25, 0.3) is 0 Å². The molecule has 1 heterocycles. The summed E-state index contributed by atoms with van der Waals surface area (Å²) in [5, 5.41) is 3.07. The van der Waals surface area contributed by atoms with Gasteiger partial charge in [0.1, 0.15) is 11.9 Å². The van der Waals surface area contributed by atoms with Crippen LogP contribution in [0.25, 0.3) is 0 Å². The van der Waals surface area contributed by atoms with Gasteiger partial charge in [-0.15, -0.1) is 0 Å². The third-order valence-corrected chi connectivity index (χ3v) is 7.00. The number of ether oxygens (including phenoxy) is 1. The minimum atomic E-state index is -0.491. The van der Waals surface area contributed by atoms with E-state index in [1.54, 1.807) is 12.1 Å². The van der Waals surface area contributed by atoms with E-state index in [1.165, 1.54) is 36.3 Å². The van der Waals surface area contributed by atoms with Gasteiger partial charge in [-0.2, -0.15) is 0 Å². The smallest absolute Gasteiger partial charge is 0.414 e. The lowest BCUT2D eigenvalue weighted by atomic mass is 9.49. The van der Waals surface area contributed by atoms with Crippen LogP contribution in [0.1, 0.15) is 38.5 Å². The van der Waals surface area contributed by atoms with Crippen molar-refractivity contribution in [2.75, 3.05) is 18.0 Å². The van der Waals surface area contributed by atoms with Crippen LogP contribution in [0.15, 0.2) is 24.3 Å². The monoisotopic (exact) mass is 372 g/mol. The molecule has 5 aliphatic rings. The standard InChI is InChI=1S/C21H25FN2O3/c22-16-2-1-3-17(7-16)24-12-18(27-20(24)26)11-23-19(25)21-8-13-4-14(9-21)6-15(5-13)10-21/h1-3,7,13-15,18H,4-6,8-12H2,(H,23,25). The predicted octanol–water partition coefficient (Wildman–Crippen LogP) is 3.48. The molecule has 1 N–H and O–H groups in total. The van der Waals surface area contributed by atoms with Crippen LogP contribution in [0.4, 0.5) is 14.9 Å². The van der Waals surface area contributed by atoms with Crippen molar-refractivity contribution >= 4 is 17.7 Å². The number of hydrogen-bond acceptors (Lipinski definition) is 3. The summed E-state index contributed by atoms with van der Waals surface area (Å²) in [7, 11) is 0. The number of carbonyl (C=O) groups excluding carboxylic acids is 2. The van der Waals surface area contributed by atoms with Gasteiger partial charge < -0.3 is 10.1 Å². The minimum Gasteiger partial charge on any atom is -0.442 e. The van der Waals surface area contributed by atoms with Crippen LogP contribution >= 0.6 is 0 Å². The van der Waals surface area contributed by atoms with Crippen molar-refractivity contribution in [1.29, 1.82) is 0 Å².